The normalized spacial score (nSPS) is 17.3. The van der Waals surface area contributed by atoms with Gasteiger partial charge in [-0.3, -0.25) is 24.0 Å². The molecular formula is C23H31N5O9. The second-order valence-corrected chi connectivity index (χ2v) is 8.73. The van der Waals surface area contributed by atoms with Crippen molar-refractivity contribution in [3.63, 3.8) is 0 Å². The van der Waals surface area contributed by atoms with Gasteiger partial charge in [-0.1, -0.05) is 12.1 Å². The van der Waals surface area contributed by atoms with Crippen LogP contribution in [0.2, 0.25) is 0 Å². The lowest BCUT2D eigenvalue weighted by Crippen LogP contribution is -2.57. The highest BCUT2D eigenvalue weighted by atomic mass is 16.4. The first-order valence-corrected chi connectivity index (χ1v) is 11.6. The summed E-state index contributed by atoms with van der Waals surface area (Å²) in [5.74, 6) is -5.70. The minimum Gasteiger partial charge on any atom is -0.508 e. The van der Waals surface area contributed by atoms with Crippen molar-refractivity contribution in [1.29, 1.82) is 0 Å². The monoisotopic (exact) mass is 521 g/mol. The van der Waals surface area contributed by atoms with E-state index >= 15 is 0 Å². The van der Waals surface area contributed by atoms with Crippen LogP contribution in [-0.2, 0) is 35.2 Å². The molecule has 0 bridgehead atoms. The molecule has 4 amide bonds. The number of phenolic OH excluding ortho intramolecular Hbond substituents is 1. The molecule has 1 saturated heterocycles. The van der Waals surface area contributed by atoms with Crippen molar-refractivity contribution in [2.75, 3.05) is 6.54 Å². The SMILES string of the molecule is NC(=O)CCC(NC(=O)C(Cc1ccc(O)cc1)NC(=O)C1CCCN1C(=O)C(N)CC(=O)O)C(=O)O. The predicted octanol–water partition coefficient (Wildman–Crippen LogP) is -1.95. The zero-order chi connectivity index (χ0) is 27.7. The van der Waals surface area contributed by atoms with Crippen molar-refractivity contribution in [3.05, 3.63) is 29.8 Å². The van der Waals surface area contributed by atoms with Gasteiger partial charge in [-0.25, -0.2) is 4.79 Å². The number of likely N-dealkylation sites (tertiary alicyclic amines) is 1. The standard InChI is InChI=1S/C23H31N5O9/c24-14(11-19(31)32)22(35)28-9-1-2-17(28)21(34)27-16(10-12-3-5-13(29)6-4-12)20(33)26-15(23(36)37)7-8-18(25)30/h3-6,14-17,29H,1-2,7-11,24H2,(H2,25,30)(H,26,33)(H,27,34)(H,31,32)(H,36,37). The van der Waals surface area contributed by atoms with Gasteiger partial charge in [-0.2, -0.15) is 0 Å². The molecule has 1 aliphatic rings. The van der Waals surface area contributed by atoms with E-state index in [1.54, 1.807) is 0 Å². The maximum Gasteiger partial charge on any atom is 0.326 e. The Labute approximate surface area is 212 Å². The smallest absolute Gasteiger partial charge is 0.326 e. The number of carbonyl (C=O) groups is 6. The third kappa shape index (κ3) is 8.75. The number of rotatable bonds is 13. The second-order valence-electron chi connectivity index (χ2n) is 8.73. The second kappa shape index (κ2) is 13.2. The first-order valence-electron chi connectivity index (χ1n) is 11.6. The quantitative estimate of drug-likeness (QED) is 0.151. The van der Waals surface area contributed by atoms with E-state index in [9.17, 15) is 39.0 Å². The van der Waals surface area contributed by atoms with Gasteiger partial charge in [0.25, 0.3) is 0 Å². The number of nitrogens with two attached hydrogens (primary N) is 2. The fourth-order valence-electron chi connectivity index (χ4n) is 3.95. The molecule has 1 aliphatic heterocycles. The van der Waals surface area contributed by atoms with Crippen molar-refractivity contribution < 1.29 is 44.1 Å². The molecule has 14 nitrogen and oxygen atoms in total. The molecule has 1 heterocycles. The van der Waals surface area contributed by atoms with E-state index in [0.717, 1.165) is 0 Å². The van der Waals surface area contributed by atoms with Crippen LogP contribution in [0.15, 0.2) is 24.3 Å². The number of phenols is 1. The molecule has 1 aromatic rings. The van der Waals surface area contributed by atoms with Gasteiger partial charge in [0.15, 0.2) is 0 Å². The van der Waals surface area contributed by atoms with Crippen LogP contribution in [0.1, 0.15) is 37.7 Å². The van der Waals surface area contributed by atoms with Crippen LogP contribution >= 0.6 is 0 Å². The number of amides is 4. The first-order chi connectivity index (χ1) is 17.4. The van der Waals surface area contributed by atoms with Crippen LogP contribution < -0.4 is 22.1 Å². The van der Waals surface area contributed by atoms with Gasteiger partial charge >= 0.3 is 11.9 Å². The van der Waals surface area contributed by atoms with Gasteiger partial charge in [0.05, 0.1) is 12.5 Å². The lowest BCUT2D eigenvalue weighted by Gasteiger charge is -2.28. The Hall–Kier alpha value is -4.20. The number of nitrogens with zero attached hydrogens (tertiary/aromatic N) is 1. The van der Waals surface area contributed by atoms with Crippen LogP contribution in [-0.4, -0.2) is 86.5 Å². The summed E-state index contributed by atoms with van der Waals surface area (Å²) >= 11 is 0. The van der Waals surface area contributed by atoms with Crippen LogP contribution in [0.25, 0.3) is 0 Å². The molecule has 14 heteroatoms. The summed E-state index contributed by atoms with van der Waals surface area (Å²) < 4.78 is 0. The minimum atomic E-state index is -1.45. The average molecular weight is 522 g/mol. The van der Waals surface area contributed by atoms with E-state index in [2.05, 4.69) is 10.6 Å². The molecule has 202 valence electrons. The topological polar surface area (TPSA) is 242 Å². The molecular weight excluding hydrogens is 490 g/mol. The van der Waals surface area contributed by atoms with E-state index in [4.69, 9.17) is 16.6 Å². The Kier molecular flexibility index (Phi) is 10.4. The summed E-state index contributed by atoms with van der Waals surface area (Å²) in [6, 6.07) is 0.701. The highest BCUT2D eigenvalue weighted by molar-refractivity contribution is 5.95. The van der Waals surface area contributed by atoms with Crippen molar-refractivity contribution in [2.24, 2.45) is 11.5 Å². The summed E-state index contributed by atoms with van der Waals surface area (Å²) in [7, 11) is 0. The summed E-state index contributed by atoms with van der Waals surface area (Å²) in [5, 5.41) is 32.7. The van der Waals surface area contributed by atoms with Gasteiger partial charge in [0.2, 0.25) is 23.6 Å². The predicted molar refractivity (Wildman–Crippen MR) is 127 cm³/mol. The lowest BCUT2D eigenvalue weighted by atomic mass is 10.0. The fourth-order valence-corrected chi connectivity index (χ4v) is 3.95. The molecule has 0 saturated carbocycles. The van der Waals surface area contributed by atoms with E-state index in [-0.39, 0.29) is 38.0 Å². The highest BCUT2D eigenvalue weighted by Gasteiger charge is 2.38. The third-order valence-electron chi connectivity index (χ3n) is 5.85. The van der Waals surface area contributed by atoms with Crippen LogP contribution in [0.5, 0.6) is 5.75 Å². The Bertz CT molecular complexity index is 1030. The van der Waals surface area contributed by atoms with Crippen molar-refractivity contribution >= 4 is 35.6 Å². The molecule has 0 aromatic heterocycles. The maximum absolute atomic E-state index is 13.1. The number of benzene rings is 1. The van der Waals surface area contributed by atoms with Gasteiger partial charge in [0.1, 0.15) is 23.9 Å². The molecule has 4 atom stereocenters. The number of hydrogen-bond donors (Lipinski definition) is 7. The molecule has 4 unspecified atom stereocenters. The Morgan fingerprint density at radius 1 is 1.03 bits per heavy atom. The number of hydrogen-bond acceptors (Lipinski definition) is 8. The van der Waals surface area contributed by atoms with Crippen LogP contribution in [0.4, 0.5) is 0 Å². The molecule has 0 aliphatic carbocycles. The Balaban J connectivity index is 2.21. The van der Waals surface area contributed by atoms with Crippen molar-refractivity contribution in [2.45, 2.75) is 62.7 Å². The Morgan fingerprint density at radius 2 is 1.68 bits per heavy atom. The molecule has 2 rings (SSSR count). The molecule has 9 N–H and O–H groups in total. The lowest BCUT2D eigenvalue weighted by molar-refractivity contribution is -0.144. The highest BCUT2D eigenvalue weighted by Crippen LogP contribution is 2.20. The summed E-state index contributed by atoms with van der Waals surface area (Å²) in [6.45, 7) is 0.174. The molecule has 0 spiro atoms. The number of primary amides is 1. The molecule has 1 aromatic carbocycles. The number of carboxylic acids is 2. The van der Waals surface area contributed by atoms with E-state index in [1.165, 1.54) is 29.2 Å². The summed E-state index contributed by atoms with van der Waals surface area (Å²) in [5.41, 5.74) is 11.3. The zero-order valence-corrected chi connectivity index (χ0v) is 20.0. The number of carboxylic acid groups (broad SMARTS) is 2. The molecule has 0 radical (unpaired) electrons. The van der Waals surface area contributed by atoms with Gasteiger partial charge in [0, 0.05) is 19.4 Å². The first kappa shape index (κ1) is 29.0. The van der Waals surface area contributed by atoms with Gasteiger partial charge < -0.3 is 42.3 Å². The Morgan fingerprint density at radius 3 is 2.24 bits per heavy atom. The molecule has 1 fully saturated rings. The largest absolute Gasteiger partial charge is 0.508 e. The number of carbonyl (C=O) groups excluding carboxylic acids is 4. The van der Waals surface area contributed by atoms with Crippen LogP contribution in [0.3, 0.4) is 0 Å². The maximum atomic E-state index is 13.1. The number of aliphatic carboxylic acids is 2. The van der Waals surface area contributed by atoms with Gasteiger partial charge in [-0.15, -0.1) is 0 Å². The number of nitrogens with one attached hydrogen (secondary N) is 2. The van der Waals surface area contributed by atoms with E-state index in [0.29, 0.717) is 12.0 Å². The van der Waals surface area contributed by atoms with Crippen molar-refractivity contribution in [3.8, 4) is 5.75 Å². The number of aromatic hydroxyl groups is 1. The fraction of sp³-hybridized carbons (Fsp3) is 0.478. The molecule has 37 heavy (non-hydrogen) atoms. The zero-order valence-electron chi connectivity index (χ0n) is 20.0. The average Bonchev–Trinajstić information content (AvgIpc) is 3.31. The minimum absolute atomic E-state index is 0.0241. The summed E-state index contributed by atoms with van der Waals surface area (Å²) in [6.07, 6.45) is -0.546. The van der Waals surface area contributed by atoms with Crippen molar-refractivity contribution in [1.82, 2.24) is 15.5 Å². The van der Waals surface area contributed by atoms with E-state index in [1.807, 2.05) is 0 Å². The van der Waals surface area contributed by atoms with Crippen LogP contribution in [0, 0.1) is 0 Å². The third-order valence-corrected chi connectivity index (χ3v) is 5.85. The van der Waals surface area contributed by atoms with Gasteiger partial charge in [-0.05, 0) is 37.0 Å². The van der Waals surface area contributed by atoms with E-state index < -0.39 is 66.2 Å². The summed E-state index contributed by atoms with van der Waals surface area (Å²) in [4.78, 5) is 73.6.